The Hall–Kier alpha value is -2.74. The summed E-state index contributed by atoms with van der Waals surface area (Å²) in [5, 5.41) is 11.8. The van der Waals surface area contributed by atoms with E-state index in [0.717, 1.165) is 17.4 Å². The van der Waals surface area contributed by atoms with Gasteiger partial charge in [0.15, 0.2) is 5.76 Å². The van der Waals surface area contributed by atoms with Crippen LogP contribution >= 0.6 is 11.8 Å². The number of hydrogen-bond donors (Lipinski definition) is 2. The minimum absolute atomic E-state index is 0.0890. The summed E-state index contributed by atoms with van der Waals surface area (Å²) in [5.41, 5.74) is 2.77. The fourth-order valence-corrected chi connectivity index (χ4v) is 3.76. The molecule has 1 unspecified atom stereocenters. The number of rotatable bonds is 4. The molecule has 8 heteroatoms. The predicted molar refractivity (Wildman–Crippen MR) is 97.5 cm³/mol. The lowest BCUT2D eigenvalue weighted by Crippen LogP contribution is -2.44. The molecule has 1 aromatic heterocycles. The number of carbonyl (C=O) groups is 3. The Balaban J connectivity index is 1.74. The van der Waals surface area contributed by atoms with Crippen molar-refractivity contribution < 1.29 is 23.9 Å². The first kappa shape index (κ1) is 18.1. The summed E-state index contributed by atoms with van der Waals surface area (Å²) in [6, 6.07) is 6.15. The van der Waals surface area contributed by atoms with Gasteiger partial charge in [-0.25, -0.2) is 4.79 Å². The summed E-state index contributed by atoms with van der Waals surface area (Å²) < 4.78 is 5.06. The summed E-state index contributed by atoms with van der Waals surface area (Å²) in [7, 11) is 0. The number of hydrogen-bond acceptors (Lipinski definition) is 5. The average molecular weight is 374 g/mol. The van der Waals surface area contributed by atoms with Crippen LogP contribution in [0.2, 0.25) is 0 Å². The van der Waals surface area contributed by atoms with E-state index in [4.69, 9.17) is 9.52 Å². The van der Waals surface area contributed by atoms with Crippen molar-refractivity contribution in [3.63, 3.8) is 0 Å². The van der Waals surface area contributed by atoms with Gasteiger partial charge in [-0.1, -0.05) is 6.07 Å². The van der Waals surface area contributed by atoms with Gasteiger partial charge < -0.3 is 19.7 Å². The van der Waals surface area contributed by atoms with E-state index in [-0.39, 0.29) is 17.2 Å². The number of carboxylic acids is 1. The predicted octanol–water partition coefficient (Wildman–Crippen LogP) is 2.75. The quantitative estimate of drug-likeness (QED) is 0.854. The Morgan fingerprint density at radius 1 is 1.23 bits per heavy atom. The van der Waals surface area contributed by atoms with Crippen LogP contribution in [0.1, 0.15) is 32.0 Å². The maximum absolute atomic E-state index is 12.6. The molecule has 2 N–H and O–H groups in total. The monoisotopic (exact) mass is 374 g/mol. The molecule has 1 saturated heterocycles. The van der Waals surface area contributed by atoms with Crippen LogP contribution in [0.5, 0.6) is 0 Å². The SMILES string of the molecule is Cc1ccc(NC(=O)C2CSCN2C(=O)c2cc(C(=O)O)co2)cc1C. The molecule has 1 aromatic carbocycles. The number of nitrogens with zero attached hydrogens (tertiary/aromatic N) is 1. The zero-order valence-electron chi connectivity index (χ0n) is 14.3. The molecule has 0 bridgehead atoms. The fourth-order valence-electron chi connectivity index (χ4n) is 2.61. The Morgan fingerprint density at radius 3 is 2.65 bits per heavy atom. The van der Waals surface area contributed by atoms with Gasteiger partial charge in [0.25, 0.3) is 5.91 Å². The molecule has 1 aliphatic rings. The Labute approximate surface area is 154 Å². The van der Waals surface area contributed by atoms with Gasteiger partial charge in [0.05, 0.1) is 11.4 Å². The van der Waals surface area contributed by atoms with E-state index in [1.165, 1.54) is 22.7 Å². The number of carboxylic acid groups (broad SMARTS) is 1. The van der Waals surface area contributed by atoms with Gasteiger partial charge in [-0.3, -0.25) is 9.59 Å². The normalized spacial score (nSPS) is 16.5. The third kappa shape index (κ3) is 3.60. The van der Waals surface area contributed by atoms with Gasteiger partial charge in [-0.15, -0.1) is 11.8 Å². The van der Waals surface area contributed by atoms with E-state index in [9.17, 15) is 14.4 Å². The molecule has 26 heavy (non-hydrogen) atoms. The number of aryl methyl sites for hydroxylation is 2. The summed E-state index contributed by atoms with van der Waals surface area (Å²) in [5.74, 6) is -1.23. The lowest BCUT2D eigenvalue weighted by atomic mass is 10.1. The number of anilines is 1. The molecule has 1 aliphatic heterocycles. The lowest BCUT2D eigenvalue weighted by molar-refractivity contribution is -0.119. The van der Waals surface area contributed by atoms with Crippen molar-refractivity contribution in [2.45, 2.75) is 19.9 Å². The maximum Gasteiger partial charge on any atom is 0.338 e. The Bertz CT molecular complexity index is 876. The van der Waals surface area contributed by atoms with Crippen LogP contribution in [0.15, 0.2) is 34.9 Å². The largest absolute Gasteiger partial charge is 0.478 e. The summed E-state index contributed by atoms with van der Waals surface area (Å²) in [6.45, 7) is 3.95. The first-order valence-corrected chi connectivity index (χ1v) is 9.11. The number of nitrogens with one attached hydrogen (secondary N) is 1. The average Bonchev–Trinajstić information content (AvgIpc) is 3.26. The fraction of sp³-hybridized carbons (Fsp3) is 0.278. The summed E-state index contributed by atoms with van der Waals surface area (Å²) >= 11 is 1.46. The van der Waals surface area contributed by atoms with Gasteiger partial charge in [0, 0.05) is 17.5 Å². The highest BCUT2D eigenvalue weighted by Crippen LogP contribution is 2.25. The Morgan fingerprint density at radius 2 is 2.00 bits per heavy atom. The molecule has 7 nitrogen and oxygen atoms in total. The third-order valence-corrected chi connectivity index (χ3v) is 5.29. The molecular formula is C18H18N2O5S. The van der Waals surface area contributed by atoms with Crippen molar-refractivity contribution in [3.05, 3.63) is 53.0 Å². The van der Waals surface area contributed by atoms with Gasteiger partial charge in [0.2, 0.25) is 5.91 Å². The smallest absolute Gasteiger partial charge is 0.338 e. The number of thioether (sulfide) groups is 1. The molecule has 3 rings (SSSR count). The lowest BCUT2D eigenvalue weighted by Gasteiger charge is -2.22. The Kier molecular flexibility index (Phi) is 5.03. The van der Waals surface area contributed by atoms with Crippen LogP contribution in [0.4, 0.5) is 5.69 Å². The number of benzene rings is 1. The molecule has 0 radical (unpaired) electrons. The van der Waals surface area contributed by atoms with Crippen LogP contribution in [-0.4, -0.2) is 45.5 Å². The minimum Gasteiger partial charge on any atom is -0.478 e. The van der Waals surface area contributed by atoms with Gasteiger partial charge >= 0.3 is 5.97 Å². The van der Waals surface area contributed by atoms with Crippen LogP contribution in [0.3, 0.4) is 0 Å². The van der Waals surface area contributed by atoms with Crippen LogP contribution in [0, 0.1) is 13.8 Å². The highest BCUT2D eigenvalue weighted by molar-refractivity contribution is 7.99. The molecule has 1 fully saturated rings. The van der Waals surface area contributed by atoms with Crippen LogP contribution in [-0.2, 0) is 4.79 Å². The minimum atomic E-state index is -1.17. The molecule has 2 amide bonds. The van der Waals surface area contributed by atoms with E-state index < -0.39 is 17.9 Å². The molecule has 2 heterocycles. The highest BCUT2D eigenvalue weighted by Gasteiger charge is 2.36. The van der Waals surface area contributed by atoms with Crippen molar-refractivity contribution >= 4 is 35.2 Å². The van der Waals surface area contributed by atoms with Gasteiger partial charge in [-0.05, 0) is 37.1 Å². The van der Waals surface area contributed by atoms with Crippen molar-refractivity contribution in [1.29, 1.82) is 0 Å². The molecule has 0 spiro atoms. The molecular weight excluding hydrogens is 356 g/mol. The van der Waals surface area contributed by atoms with E-state index in [1.54, 1.807) is 0 Å². The number of carbonyl (C=O) groups excluding carboxylic acids is 2. The van der Waals surface area contributed by atoms with Crippen molar-refractivity contribution in [3.8, 4) is 0 Å². The topological polar surface area (TPSA) is 99.9 Å². The maximum atomic E-state index is 12.6. The van der Waals surface area contributed by atoms with Crippen molar-refractivity contribution in [1.82, 2.24) is 4.90 Å². The third-order valence-electron chi connectivity index (χ3n) is 4.28. The first-order chi connectivity index (χ1) is 12.4. The summed E-state index contributed by atoms with van der Waals surface area (Å²) in [6.07, 6.45) is 1.02. The zero-order chi connectivity index (χ0) is 18.8. The van der Waals surface area contributed by atoms with Gasteiger partial charge in [-0.2, -0.15) is 0 Å². The number of furan rings is 1. The highest BCUT2D eigenvalue weighted by atomic mass is 32.2. The van der Waals surface area contributed by atoms with Gasteiger partial charge in [0.1, 0.15) is 12.3 Å². The van der Waals surface area contributed by atoms with Crippen LogP contribution in [0.25, 0.3) is 0 Å². The van der Waals surface area contributed by atoms with Crippen molar-refractivity contribution in [2.75, 3.05) is 16.9 Å². The second-order valence-corrected chi connectivity index (χ2v) is 7.08. The van der Waals surface area contributed by atoms with Crippen LogP contribution < -0.4 is 5.32 Å². The summed E-state index contributed by atoms with van der Waals surface area (Å²) in [4.78, 5) is 37.5. The molecule has 0 aliphatic carbocycles. The van der Waals surface area contributed by atoms with Crippen molar-refractivity contribution in [2.24, 2.45) is 0 Å². The second-order valence-electron chi connectivity index (χ2n) is 6.08. The standard InChI is InChI=1S/C18H18N2O5S/c1-10-3-4-13(5-11(10)2)19-16(21)14-8-26-9-20(14)17(22)15-6-12(7-25-15)18(23)24/h3-7,14H,8-9H2,1-2H3,(H,19,21)(H,23,24). The molecule has 0 saturated carbocycles. The molecule has 2 aromatic rings. The molecule has 136 valence electrons. The molecule has 1 atom stereocenters. The van der Waals surface area contributed by atoms with E-state index in [0.29, 0.717) is 17.3 Å². The zero-order valence-corrected chi connectivity index (χ0v) is 15.1. The second kappa shape index (κ2) is 7.25. The van der Waals surface area contributed by atoms with E-state index >= 15 is 0 Å². The van der Waals surface area contributed by atoms with E-state index in [2.05, 4.69) is 5.32 Å². The number of aromatic carboxylic acids is 1. The first-order valence-electron chi connectivity index (χ1n) is 7.95. The number of amides is 2. The van der Waals surface area contributed by atoms with E-state index in [1.807, 2.05) is 32.0 Å².